The van der Waals surface area contributed by atoms with Crippen molar-refractivity contribution in [2.75, 3.05) is 6.54 Å². The molecule has 0 unspecified atom stereocenters. The average molecular weight is 372 g/mol. The van der Waals surface area contributed by atoms with Gasteiger partial charge in [0, 0.05) is 36.4 Å². The van der Waals surface area contributed by atoms with Gasteiger partial charge >= 0.3 is 0 Å². The fraction of sp³-hybridized carbons (Fsp3) is 0.316. The standard InChI is InChI=1S/C19H21N3O3S/c1-3-6-14-9-11-21(12-10-14)17(19(26)20-4-2)18(23)15-7-5-8-16(13-15)22(24)25/h5,7-13,17H,3-4,6H2,1-2H3/p+1/t17-/m0/s1. The Morgan fingerprint density at radius 2 is 1.96 bits per heavy atom. The first-order valence-electron chi connectivity index (χ1n) is 8.54. The van der Waals surface area contributed by atoms with Gasteiger partial charge < -0.3 is 5.32 Å². The van der Waals surface area contributed by atoms with Crippen molar-refractivity contribution < 1.29 is 14.3 Å². The number of hydrogen-bond donors (Lipinski definition) is 1. The van der Waals surface area contributed by atoms with Crippen LogP contribution < -0.4 is 9.88 Å². The van der Waals surface area contributed by atoms with Crippen LogP contribution in [0.1, 0.15) is 42.2 Å². The van der Waals surface area contributed by atoms with Crippen LogP contribution in [0.5, 0.6) is 0 Å². The van der Waals surface area contributed by atoms with Crippen molar-refractivity contribution in [3.8, 4) is 0 Å². The maximum Gasteiger partial charge on any atom is 0.270 e. The third-order valence-electron chi connectivity index (χ3n) is 3.95. The smallest absolute Gasteiger partial charge is 0.270 e. The van der Waals surface area contributed by atoms with Crippen LogP contribution in [-0.2, 0) is 6.42 Å². The number of aryl methyl sites for hydroxylation is 1. The van der Waals surface area contributed by atoms with E-state index < -0.39 is 11.0 Å². The number of aromatic nitrogens is 1. The summed E-state index contributed by atoms with van der Waals surface area (Å²) >= 11 is 5.41. The molecule has 6 nitrogen and oxygen atoms in total. The maximum absolute atomic E-state index is 13.1. The van der Waals surface area contributed by atoms with Crippen molar-refractivity contribution in [2.24, 2.45) is 0 Å². The number of rotatable bonds is 8. The largest absolute Gasteiger partial charge is 0.374 e. The van der Waals surface area contributed by atoms with Gasteiger partial charge in [0.1, 0.15) is 0 Å². The molecule has 0 saturated heterocycles. The number of carbonyl (C=O) groups excluding carboxylic acids is 1. The Bertz CT molecular complexity index is 806. The van der Waals surface area contributed by atoms with Crippen molar-refractivity contribution in [1.82, 2.24) is 5.32 Å². The van der Waals surface area contributed by atoms with Gasteiger partial charge in [-0.2, -0.15) is 4.57 Å². The molecule has 0 radical (unpaired) electrons. The quantitative estimate of drug-likeness (QED) is 0.253. The van der Waals surface area contributed by atoms with E-state index in [0.29, 0.717) is 11.5 Å². The van der Waals surface area contributed by atoms with Crippen molar-refractivity contribution >= 4 is 28.7 Å². The van der Waals surface area contributed by atoms with Crippen LogP contribution in [0.25, 0.3) is 0 Å². The van der Waals surface area contributed by atoms with Gasteiger partial charge in [0.25, 0.3) is 11.7 Å². The molecular weight excluding hydrogens is 350 g/mol. The van der Waals surface area contributed by atoms with Gasteiger partial charge in [-0.3, -0.25) is 14.9 Å². The topological polar surface area (TPSA) is 76.1 Å². The van der Waals surface area contributed by atoms with Crippen LogP contribution in [0.4, 0.5) is 5.69 Å². The van der Waals surface area contributed by atoms with E-state index >= 15 is 0 Å². The molecule has 1 heterocycles. The molecule has 2 rings (SSSR count). The van der Waals surface area contributed by atoms with Gasteiger partial charge in [-0.15, -0.1) is 0 Å². The lowest BCUT2D eigenvalue weighted by Gasteiger charge is -2.14. The summed E-state index contributed by atoms with van der Waals surface area (Å²) in [5, 5.41) is 14.0. The van der Waals surface area contributed by atoms with E-state index in [-0.39, 0.29) is 17.0 Å². The number of pyridine rings is 1. The van der Waals surface area contributed by atoms with E-state index in [9.17, 15) is 14.9 Å². The minimum atomic E-state index is -0.748. The van der Waals surface area contributed by atoms with Crippen LogP contribution in [0.2, 0.25) is 0 Å². The maximum atomic E-state index is 13.1. The van der Waals surface area contributed by atoms with Gasteiger partial charge in [-0.25, -0.2) is 0 Å². The molecule has 0 aliphatic carbocycles. The number of nitro groups is 1. The number of thiocarbonyl (C=S) groups is 1. The third-order valence-corrected chi connectivity index (χ3v) is 4.32. The zero-order valence-corrected chi connectivity index (χ0v) is 15.7. The molecule has 136 valence electrons. The number of likely N-dealkylation sites (N-methyl/N-ethyl adjacent to an activating group) is 1. The number of non-ortho nitro benzene ring substituents is 1. The molecule has 0 saturated carbocycles. The monoisotopic (exact) mass is 372 g/mol. The van der Waals surface area contributed by atoms with E-state index in [2.05, 4.69) is 12.2 Å². The number of hydrogen-bond acceptors (Lipinski definition) is 4. The fourth-order valence-electron chi connectivity index (χ4n) is 2.69. The Balaban J connectivity index is 2.40. The number of Topliss-reactive ketones (excluding diaryl/α,β-unsaturated/α-hetero) is 1. The zero-order valence-electron chi connectivity index (χ0n) is 14.8. The molecule has 2 aromatic rings. The highest BCUT2D eigenvalue weighted by atomic mass is 32.1. The van der Waals surface area contributed by atoms with Gasteiger partial charge in [0.15, 0.2) is 17.4 Å². The lowest BCUT2D eigenvalue weighted by molar-refractivity contribution is -0.692. The second-order valence-corrected chi connectivity index (χ2v) is 6.31. The summed E-state index contributed by atoms with van der Waals surface area (Å²) in [6.45, 7) is 4.60. The highest BCUT2D eigenvalue weighted by molar-refractivity contribution is 7.80. The Hall–Kier alpha value is -2.67. The van der Waals surface area contributed by atoms with E-state index in [1.165, 1.54) is 23.8 Å². The van der Waals surface area contributed by atoms with Crippen molar-refractivity contribution in [2.45, 2.75) is 32.7 Å². The molecule has 1 atom stereocenters. The van der Waals surface area contributed by atoms with Crippen molar-refractivity contribution in [3.63, 3.8) is 0 Å². The van der Waals surface area contributed by atoms with E-state index in [1.54, 1.807) is 10.6 Å². The van der Waals surface area contributed by atoms with E-state index in [4.69, 9.17) is 12.2 Å². The Morgan fingerprint density at radius 1 is 1.27 bits per heavy atom. The Morgan fingerprint density at radius 3 is 2.54 bits per heavy atom. The van der Waals surface area contributed by atoms with Crippen molar-refractivity contribution in [1.29, 1.82) is 0 Å². The van der Waals surface area contributed by atoms with Gasteiger partial charge in [0.2, 0.25) is 5.78 Å². The highest BCUT2D eigenvalue weighted by Crippen LogP contribution is 2.17. The SMILES string of the molecule is CCCc1cc[n+]([C@@H](C(=O)c2cccc([N+](=O)[O-])c2)C(=S)NCC)cc1. The summed E-state index contributed by atoms with van der Waals surface area (Å²) in [6.07, 6.45) is 5.65. The summed E-state index contributed by atoms with van der Waals surface area (Å²) in [7, 11) is 0. The fourth-order valence-corrected chi connectivity index (χ4v) is 3.06. The molecule has 26 heavy (non-hydrogen) atoms. The predicted octanol–water partition coefficient (Wildman–Crippen LogP) is 3.20. The second kappa shape index (κ2) is 9.15. The van der Waals surface area contributed by atoms with Crippen LogP contribution in [-0.4, -0.2) is 22.2 Å². The highest BCUT2D eigenvalue weighted by Gasteiger charge is 2.33. The Kier molecular flexibility index (Phi) is 6.91. The molecule has 0 amide bonds. The molecule has 0 aliphatic heterocycles. The molecule has 0 aliphatic rings. The number of benzene rings is 1. The first-order valence-corrected chi connectivity index (χ1v) is 8.94. The molecular formula is C19H22N3O3S+. The zero-order chi connectivity index (χ0) is 19.1. The van der Waals surface area contributed by atoms with Crippen molar-refractivity contribution in [3.05, 3.63) is 70.0 Å². The predicted molar refractivity (Wildman–Crippen MR) is 103 cm³/mol. The van der Waals surface area contributed by atoms with Crippen LogP contribution in [0.3, 0.4) is 0 Å². The number of ketones is 1. The summed E-state index contributed by atoms with van der Waals surface area (Å²) in [6, 6.07) is 8.91. The number of nitrogens with zero attached hydrogens (tertiary/aromatic N) is 2. The Labute approximate surface area is 158 Å². The first kappa shape index (κ1) is 19.7. The number of nitrogens with one attached hydrogen (secondary N) is 1. The van der Waals surface area contributed by atoms with E-state index in [0.717, 1.165) is 12.8 Å². The molecule has 7 heteroatoms. The molecule has 1 N–H and O–H groups in total. The van der Waals surface area contributed by atoms with Crippen LogP contribution in [0.15, 0.2) is 48.8 Å². The number of carbonyl (C=O) groups is 1. The summed E-state index contributed by atoms with van der Waals surface area (Å²) < 4.78 is 1.74. The molecule has 1 aromatic heterocycles. The van der Waals surface area contributed by atoms with E-state index in [1.807, 2.05) is 31.5 Å². The normalized spacial score (nSPS) is 11.6. The molecule has 1 aromatic carbocycles. The third kappa shape index (κ3) is 4.70. The molecule has 0 bridgehead atoms. The summed E-state index contributed by atoms with van der Waals surface area (Å²) in [5.41, 5.74) is 1.32. The lowest BCUT2D eigenvalue weighted by Crippen LogP contribution is -2.51. The summed E-state index contributed by atoms with van der Waals surface area (Å²) in [5.74, 6) is -0.284. The second-order valence-electron chi connectivity index (χ2n) is 5.87. The average Bonchev–Trinajstić information content (AvgIpc) is 2.64. The minimum absolute atomic E-state index is 0.118. The number of nitro benzene ring substituents is 1. The summed E-state index contributed by atoms with van der Waals surface area (Å²) in [4.78, 5) is 24.0. The van der Waals surface area contributed by atoms with Gasteiger partial charge in [-0.05, 0) is 18.9 Å². The van der Waals surface area contributed by atoms with Crippen LogP contribution >= 0.6 is 12.2 Å². The van der Waals surface area contributed by atoms with Crippen LogP contribution in [0, 0.1) is 10.1 Å². The molecule has 0 spiro atoms. The lowest BCUT2D eigenvalue weighted by atomic mass is 10.0. The molecule has 0 fully saturated rings. The van der Waals surface area contributed by atoms with Gasteiger partial charge in [0.05, 0.1) is 4.92 Å². The minimum Gasteiger partial charge on any atom is -0.374 e. The van der Waals surface area contributed by atoms with Gasteiger partial charge in [-0.1, -0.05) is 37.7 Å². The first-order chi connectivity index (χ1) is 12.5.